The molecule has 4 rings (SSSR count). The lowest BCUT2D eigenvalue weighted by Crippen LogP contribution is -2.10. The van der Waals surface area contributed by atoms with Crippen LogP contribution < -0.4 is 5.32 Å². The molecule has 0 unspecified atom stereocenters. The maximum atomic E-state index is 4.49. The van der Waals surface area contributed by atoms with E-state index in [1.807, 2.05) is 30.7 Å². The van der Waals surface area contributed by atoms with Crippen LogP contribution in [0.15, 0.2) is 55.0 Å². The standard InChI is InChI=1S/C19H18N4/c1-12(2)22-19-6-4-14(10-21-19)13-3-5-15-16-11-20-8-7-17(16)23-18(15)9-13/h3-12,23H,1-2H3,(H,21,22). The summed E-state index contributed by atoms with van der Waals surface area (Å²) in [5.74, 6) is 0.904. The fourth-order valence-electron chi connectivity index (χ4n) is 2.87. The first kappa shape index (κ1) is 13.8. The molecule has 0 aliphatic heterocycles. The summed E-state index contributed by atoms with van der Waals surface area (Å²) < 4.78 is 0. The van der Waals surface area contributed by atoms with Gasteiger partial charge in [0.15, 0.2) is 0 Å². The Balaban J connectivity index is 1.75. The highest BCUT2D eigenvalue weighted by molar-refractivity contribution is 6.07. The van der Waals surface area contributed by atoms with Crippen LogP contribution in [0.2, 0.25) is 0 Å². The molecule has 0 fully saturated rings. The van der Waals surface area contributed by atoms with Crippen molar-refractivity contribution < 1.29 is 0 Å². The molecule has 0 aliphatic rings. The average Bonchev–Trinajstić information content (AvgIpc) is 2.92. The number of anilines is 1. The molecule has 2 N–H and O–H groups in total. The van der Waals surface area contributed by atoms with Crippen LogP contribution in [0.5, 0.6) is 0 Å². The van der Waals surface area contributed by atoms with E-state index in [9.17, 15) is 0 Å². The molecule has 0 atom stereocenters. The van der Waals surface area contributed by atoms with Gasteiger partial charge >= 0.3 is 0 Å². The van der Waals surface area contributed by atoms with E-state index in [1.165, 1.54) is 5.39 Å². The van der Waals surface area contributed by atoms with Gasteiger partial charge in [0.05, 0.1) is 0 Å². The predicted octanol–water partition coefficient (Wildman–Crippen LogP) is 4.60. The van der Waals surface area contributed by atoms with Crippen LogP contribution in [-0.2, 0) is 0 Å². The van der Waals surface area contributed by atoms with Crippen molar-refractivity contribution in [3.05, 3.63) is 55.0 Å². The van der Waals surface area contributed by atoms with Crippen molar-refractivity contribution in [2.24, 2.45) is 0 Å². The Morgan fingerprint density at radius 2 is 1.78 bits per heavy atom. The molecule has 0 saturated carbocycles. The van der Waals surface area contributed by atoms with Crippen molar-refractivity contribution in [2.75, 3.05) is 5.32 Å². The number of hydrogen-bond donors (Lipinski definition) is 2. The lowest BCUT2D eigenvalue weighted by atomic mass is 10.1. The molecule has 4 aromatic rings. The van der Waals surface area contributed by atoms with E-state index in [-0.39, 0.29) is 0 Å². The fourth-order valence-corrected chi connectivity index (χ4v) is 2.87. The normalized spacial score (nSPS) is 11.4. The van der Waals surface area contributed by atoms with Crippen LogP contribution in [0.1, 0.15) is 13.8 Å². The number of aromatic nitrogens is 3. The van der Waals surface area contributed by atoms with Gasteiger partial charge in [-0.05, 0) is 43.7 Å². The molecule has 0 radical (unpaired) electrons. The molecule has 4 heteroatoms. The molecule has 0 saturated heterocycles. The lowest BCUT2D eigenvalue weighted by Gasteiger charge is -2.09. The van der Waals surface area contributed by atoms with Crippen LogP contribution >= 0.6 is 0 Å². The van der Waals surface area contributed by atoms with Crippen LogP contribution in [0.25, 0.3) is 32.9 Å². The van der Waals surface area contributed by atoms with Crippen molar-refractivity contribution in [1.29, 1.82) is 0 Å². The van der Waals surface area contributed by atoms with Crippen molar-refractivity contribution >= 4 is 27.6 Å². The monoisotopic (exact) mass is 302 g/mol. The molecule has 0 amide bonds. The Kier molecular flexibility index (Phi) is 3.23. The van der Waals surface area contributed by atoms with E-state index in [1.54, 1.807) is 0 Å². The highest BCUT2D eigenvalue weighted by Crippen LogP contribution is 2.29. The number of aromatic amines is 1. The largest absolute Gasteiger partial charge is 0.368 e. The number of nitrogens with one attached hydrogen (secondary N) is 2. The molecular weight excluding hydrogens is 284 g/mol. The summed E-state index contributed by atoms with van der Waals surface area (Å²) >= 11 is 0. The van der Waals surface area contributed by atoms with E-state index in [0.717, 1.165) is 33.4 Å². The van der Waals surface area contributed by atoms with Gasteiger partial charge in [-0.25, -0.2) is 4.98 Å². The number of nitrogens with zero attached hydrogens (tertiary/aromatic N) is 2. The summed E-state index contributed by atoms with van der Waals surface area (Å²) in [6.45, 7) is 4.21. The summed E-state index contributed by atoms with van der Waals surface area (Å²) in [7, 11) is 0. The van der Waals surface area contributed by atoms with E-state index < -0.39 is 0 Å². The van der Waals surface area contributed by atoms with Gasteiger partial charge in [-0.1, -0.05) is 12.1 Å². The number of rotatable bonds is 3. The Morgan fingerprint density at radius 3 is 2.57 bits per heavy atom. The Morgan fingerprint density at radius 1 is 0.913 bits per heavy atom. The summed E-state index contributed by atoms with van der Waals surface area (Å²) in [6.07, 6.45) is 5.63. The molecule has 23 heavy (non-hydrogen) atoms. The summed E-state index contributed by atoms with van der Waals surface area (Å²) in [5.41, 5.74) is 4.50. The lowest BCUT2D eigenvalue weighted by molar-refractivity contribution is 0.889. The maximum Gasteiger partial charge on any atom is 0.126 e. The van der Waals surface area contributed by atoms with Gasteiger partial charge in [-0.15, -0.1) is 0 Å². The van der Waals surface area contributed by atoms with Crippen LogP contribution in [0.4, 0.5) is 5.82 Å². The van der Waals surface area contributed by atoms with E-state index in [0.29, 0.717) is 6.04 Å². The maximum absolute atomic E-state index is 4.49. The quantitative estimate of drug-likeness (QED) is 0.581. The van der Waals surface area contributed by atoms with Gasteiger partial charge in [-0.3, -0.25) is 4.98 Å². The molecule has 1 aromatic carbocycles. The Bertz CT molecular complexity index is 968. The second-order valence-electron chi connectivity index (χ2n) is 6.04. The van der Waals surface area contributed by atoms with Gasteiger partial charge in [0.25, 0.3) is 0 Å². The first-order valence-electron chi connectivity index (χ1n) is 7.79. The predicted molar refractivity (Wildman–Crippen MR) is 95.6 cm³/mol. The van der Waals surface area contributed by atoms with E-state index in [4.69, 9.17) is 0 Å². The Hall–Kier alpha value is -2.88. The highest BCUT2D eigenvalue weighted by Gasteiger charge is 2.06. The third kappa shape index (κ3) is 2.52. The van der Waals surface area contributed by atoms with Crippen molar-refractivity contribution in [2.45, 2.75) is 19.9 Å². The van der Waals surface area contributed by atoms with E-state index >= 15 is 0 Å². The smallest absolute Gasteiger partial charge is 0.126 e. The third-order valence-corrected chi connectivity index (χ3v) is 3.93. The minimum atomic E-state index is 0.379. The molecular formula is C19H18N4. The van der Waals surface area contributed by atoms with Crippen molar-refractivity contribution in [3.63, 3.8) is 0 Å². The zero-order chi connectivity index (χ0) is 15.8. The number of pyridine rings is 2. The second kappa shape index (κ2) is 5.39. The molecule has 3 heterocycles. The van der Waals surface area contributed by atoms with Gasteiger partial charge in [0, 0.05) is 52.0 Å². The SMILES string of the molecule is CC(C)Nc1ccc(-c2ccc3c(c2)[nH]c2ccncc23)cn1. The summed E-state index contributed by atoms with van der Waals surface area (Å²) in [5, 5.41) is 5.66. The number of fused-ring (bicyclic) bond motifs is 3. The fraction of sp³-hybridized carbons (Fsp3) is 0.158. The number of H-pyrrole nitrogens is 1. The second-order valence-corrected chi connectivity index (χ2v) is 6.04. The van der Waals surface area contributed by atoms with Gasteiger partial charge in [0.1, 0.15) is 5.82 Å². The molecule has 114 valence electrons. The molecule has 0 spiro atoms. The number of benzene rings is 1. The molecule has 0 aliphatic carbocycles. The third-order valence-electron chi connectivity index (χ3n) is 3.93. The minimum Gasteiger partial charge on any atom is -0.368 e. The highest BCUT2D eigenvalue weighted by atomic mass is 15.0. The first-order valence-corrected chi connectivity index (χ1v) is 7.79. The minimum absolute atomic E-state index is 0.379. The van der Waals surface area contributed by atoms with Crippen molar-refractivity contribution in [1.82, 2.24) is 15.0 Å². The topological polar surface area (TPSA) is 53.6 Å². The van der Waals surface area contributed by atoms with Gasteiger partial charge < -0.3 is 10.3 Å². The zero-order valence-corrected chi connectivity index (χ0v) is 13.2. The number of hydrogen-bond acceptors (Lipinski definition) is 3. The van der Waals surface area contributed by atoms with Gasteiger partial charge in [-0.2, -0.15) is 0 Å². The molecule has 0 bridgehead atoms. The molecule has 4 nitrogen and oxygen atoms in total. The van der Waals surface area contributed by atoms with Crippen molar-refractivity contribution in [3.8, 4) is 11.1 Å². The molecule has 3 aromatic heterocycles. The van der Waals surface area contributed by atoms with E-state index in [2.05, 4.69) is 58.4 Å². The summed E-state index contributed by atoms with van der Waals surface area (Å²) in [4.78, 5) is 12.2. The van der Waals surface area contributed by atoms with Crippen LogP contribution in [-0.4, -0.2) is 21.0 Å². The summed E-state index contributed by atoms with van der Waals surface area (Å²) in [6, 6.07) is 13.0. The Labute approximate surface area is 134 Å². The van der Waals surface area contributed by atoms with Gasteiger partial charge in [0.2, 0.25) is 0 Å². The van der Waals surface area contributed by atoms with Crippen LogP contribution in [0, 0.1) is 0 Å². The first-order chi connectivity index (χ1) is 11.2. The zero-order valence-electron chi connectivity index (χ0n) is 13.2. The average molecular weight is 302 g/mol. The van der Waals surface area contributed by atoms with Crippen LogP contribution in [0.3, 0.4) is 0 Å².